The van der Waals surface area contributed by atoms with Crippen LogP contribution in [-0.4, -0.2) is 11.0 Å². The Kier molecular flexibility index (Phi) is 3.57. The maximum absolute atomic E-state index is 5.54. The summed E-state index contributed by atoms with van der Waals surface area (Å²) in [7, 11) is 0. The minimum absolute atomic E-state index is 0. The lowest BCUT2D eigenvalue weighted by Crippen LogP contribution is -1.55. The Bertz CT molecular complexity index is 138. The van der Waals surface area contributed by atoms with Crippen LogP contribution in [0.3, 0.4) is 0 Å². The molecule has 0 heterocycles. The molecule has 0 fully saturated rings. The summed E-state index contributed by atoms with van der Waals surface area (Å²) in [6, 6.07) is 9.44. The van der Waals surface area contributed by atoms with E-state index in [4.69, 9.17) is 11.6 Å². The van der Waals surface area contributed by atoms with E-state index in [9.17, 15) is 0 Å². The third kappa shape index (κ3) is 2.14. The topological polar surface area (TPSA) is 0 Å². The van der Waals surface area contributed by atoms with Crippen molar-refractivity contribution in [2.45, 2.75) is 0 Å². The smallest absolute Gasteiger partial charge is 0.0405 e. The summed E-state index contributed by atoms with van der Waals surface area (Å²) in [6.07, 6.45) is 0. The lowest BCUT2D eigenvalue weighted by atomic mass is 10.4. The summed E-state index contributed by atoms with van der Waals surface area (Å²) in [4.78, 5) is 0. The van der Waals surface area contributed by atoms with Crippen molar-refractivity contribution in [3.8, 4) is 0 Å². The minimum Gasteiger partial charge on any atom is -0.0843 e. The van der Waals surface area contributed by atoms with Gasteiger partial charge >= 0.3 is 0 Å². The van der Waals surface area contributed by atoms with Crippen LogP contribution in [0.25, 0.3) is 0 Å². The van der Waals surface area contributed by atoms with Gasteiger partial charge in [-0.1, -0.05) is 29.8 Å². The summed E-state index contributed by atoms with van der Waals surface area (Å²) in [5.41, 5.74) is 0. The summed E-state index contributed by atoms with van der Waals surface area (Å²) in [6.45, 7) is 0. The van der Waals surface area contributed by atoms with Crippen LogP contribution in [0.2, 0.25) is 5.02 Å². The lowest BCUT2D eigenvalue weighted by molar-refractivity contribution is 1.71. The van der Waals surface area contributed by atoms with Crippen LogP contribution < -0.4 is 0 Å². The van der Waals surface area contributed by atoms with Crippen molar-refractivity contribution in [2.24, 2.45) is 0 Å². The van der Waals surface area contributed by atoms with Gasteiger partial charge in [0, 0.05) is 5.02 Å². The molecule has 0 aromatic heterocycles. The first-order chi connectivity index (χ1) is 3.39. The molecule has 0 aliphatic rings. The second kappa shape index (κ2) is 3.70. The van der Waals surface area contributed by atoms with Crippen LogP contribution in [0.1, 0.15) is 0 Å². The van der Waals surface area contributed by atoms with Crippen LogP contribution in [0, 0.1) is 0 Å². The van der Waals surface area contributed by atoms with Crippen molar-refractivity contribution in [3.63, 3.8) is 0 Å². The first-order valence-electron chi connectivity index (χ1n) is 2.10. The SMILES string of the molecule is Clc1ccccc1.[SiH4]. The number of benzene rings is 1. The van der Waals surface area contributed by atoms with Gasteiger partial charge in [-0.2, -0.15) is 0 Å². The Morgan fingerprint density at radius 3 is 1.75 bits per heavy atom. The Labute approximate surface area is 58.5 Å². The average molecular weight is 145 g/mol. The van der Waals surface area contributed by atoms with Gasteiger partial charge in [0.15, 0.2) is 0 Å². The number of rotatable bonds is 0. The van der Waals surface area contributed by atoms with Crippen LogP contribution in [0.5, 0.6) is 0 Å². The molecule has 0 amide bonds. The molecule has 0 aliphatic heterocycles. The predicted molar refractivity (Wildman–Crippen MR) is 42.8 cm³/mol. The molecule has 8 heavy (non-hydrogen) atoms. The van der Waals surface area contributed by atoms with E-state index in [1.807, 2.05) is 30.3 Å². The molecular weight excluding hydrogens is 136 g/mol. The maximum Gasteiger partial charge on any atom is 0.0405 e. The van der Waals surface area contributed by atoms with Crippen LogP contribution >= 0.6 is 11.6 Å². The zero-order chi connectivity index (χ0) is 5.11. The maximum atomic E-state index is 5.54. The van der Waals surface area contributed by atoms with E-state index >= 15 is 0 Å². The lowest BCUT2D eigenvalue weighted by Gasteiger charge is -1.80. The molecule has 0 bridgehead atoms. The van der Waals surface area contributed by atoms with Crippen LogP contribution in [0.4, 0.5) is 0 Å². The zero-order valence-corrected chi connectivity index (χ0v) is 4.52. The summed E-state index contributed by atoms with van der Waals surface area (Å²) in [5, 5.41) is 0.794. The van der Waals surface area contributed by atoms with E-state index in [0.29, 0.717) is 0 Å². The third-order valence-corrected chi connectivity index (χ3v) is 0.985. The molecule has 0 nitrogen and oxygen atoms in total. The van der Waals surface area contributed by atoms with Crippen molar-refractivity contribution in [1.82, 2.24) is 0 Å². The Hall–Kier alpha value is -0.273. The summed E-state index contributed by atoms with van der Waals surface area (Å²) in [5.74, 6) is 0. The van der Waals surface area contributed by atoms with Crippen molar-refractivity contribution >= 4 is 22.6 Å². The van der Waals surface area contributed by atoms with E-state index < -0.39 is 0 Å². The van der Waals surface area contributed by atoms with Gasteiger partial charge in [0.1, 0.15) is 0 Å². The summed E-state index contributed by atoms with van der Waals surface area (Å²) >= 11 is 5.54. The van der Waals surface area contributed by atoms with E-state index in [2.05, 4.69) is 0 Å². The fourth-order valence-electron chi connectivity index (χ4n) is 0.415. The predicted octanol–water partition coefficient (Wildman–Crippen LogP) is 0.888. The number of halogens is 1. The van der Waals surface area contributed by atoms with E-state index in [0.717, 1.165) is 5.02 Å². The number of hydrogen-bond acceptors (Lipinski definition) is 0. The largest absolute Gasteiger partial charge is 0.0843 e. The average Bonchev–Trinajstić information content (AvgIpc) is 1.69. The fourth-order valence-corrected chi connectivity index (χ4v) is 0.560. The van der Waals surface area contributed by atoms with Crippen molar-refractivity contribution in [3.05, 3.63) is 35.4 Å². The van der Waals surface area contributed by atoms with Gasteiger partial charge < -0.3 is 0 Å². The Morgan fingerprint density at radius 2 is 1.50 bits per heavy atom. The van der Waals surface area contributed by atoms with Gasteiger partial charge in [-0.25, -0.2) is 0 Å². The van der Waals surface area contributed by atoms with E-state index in [1.165, 1.54) is 0 Å². The fraction of sp³-hybridized carbons (Fsp3) is 0. The van der Waals surface area contributed by atoms with Gasteiger partial charge in [-0.15, -0.1) is 0 Å². The highest BCUT2D eigenvalue weighted by Crippen LogP contribution is 2.03. The van der Waals surface area contributed by atoms with Gasteiger partial charge in [-0.05, 0) is 23.1 Å². The van der Waals surface area contributed by atoms with Crippen molar-refractivity contribution < 1.29 is 0 Å². The molecule has 0 unspecified atom stereocenters. The van der Waals surface area contributed by atoms with Crippen LogP contribution in [-0.2, 0) is 0 Å². The molecule has 0 radical (unpaired) electrons. The molecule has 0 spiro atoms. The quantitative estimate of drug-likeness (QED) is 0.475. The molecule has 0 saturated heterocycles. The highest BCUT2D eigenvalue weighted by molar-refractivity contribution is 6.30. The van der Waals surface area contributed by atoms with E-state index in [1.54, 1.807) is 0 Å². The van der Waals surface area contributed by atoms with Crippen molar-refractivity contribution in [2.75, 3.05) is 0 Å². The van der Waals surface area contributed by atoms with Crippen LogP contribution in [0.15, 0.2) is 30.3 Å². The van der Waals surface area contributed by atoms with E-state index in [-0.39, 0.29) is 11.0 Å². The van der Waals surface area contributed by atoms with Gasteiger partial charge in [0.05, 0.1) is 0 Å². The van der Waals surface area contributed by atoms with Gasteiger partial charge in [0.25, 0.3) is 0 Å². The van der Waals surface area contributed by atoms with Gasteiger partial charge in [0.2, 0.25) is 0 Å². The monoisotopic (exact) mass is 144 g/mol. The second-order valence-corrected chi connectivity index (χ2v) is 1.73. The first kappa shape index (κ1) is 7.73. The summed E-state index contributed by atoms with van der Waals surface area (Å²) < 4.78 is 0. The first-order valence-corrected chi connectivity index (χ1v) is 2.48. The normalized spacial score (nSPS) is 7.62. The molecule has 1 aromatic rings. The Morgan fingerprint density at radius 1 is 1.00 bits per heavy atom. The standard InChI is InChI=1S/C6H5Cl.H4Si/c7-6-4-2-1-3-5-6;/h1-5H;1H4. The molecule has 0 atom stereocenters. The molecule has 0 aliphatic carbocycles. The molecular formula is C6H9ClSi. The van der Waals surface area contributed by atoms with Gasteiger partial charge in [-0.3, -0.25) is 0 Å². The van der Waals surface area contributed by atoms with Crippen molar-refractivity contribution in [1.29, 1.82) is 0 Å². The number of hydrogen-bond donors (Lipinski definition) is 0. The highest BCUT2D eigenvalue weighted by Gasteiger charge is 1.74. The second-order valence-electron chi connectivity index (χ2n) is 1.30. The molecule has 1 aromatic carbocycles. The Balaban J connectivity index is 0.000000490. The zero-order valence-electron chi connectivity index (χ0n) is 3.76. The molecule has 44 valence electrons. The minimum atomic E-state index is 0. The third-order valence-electron chi connectivity index (χ3n) is 0.733. The molecule has 0 N–H and O–H groups in total. The molecule has 2 heteroatoms. The highest BCUT2D eigenvalue weighted by atomic mass is 35.5. The molecule has 0 saturated carbocycles. The molecule has 1 rings (SSSR count).